The Morgan fingerprint density at radius 3 is 1.85 bits per heavy atom. The van der Waals surface area contributed by atoms with E-state index < -0.39 is 0 Å². The molecular formula is C22H31N11. The minimum absolute atomic E-state index is 0.0399. The maximum absolute atomic E-state index is 6.23. The van der Waals surface area contributed by atoms with Crippen LogP contribution in [-0.4, -0.2) is 70.3 Å². The molecule has 2 aromatic heterocycles. The van der Waals surface area contributed by atoms with Crippen LogP contribution in [-0.2, 0) is 0 Å². The van der Waals surface area contributed by atoms with Gasteiger partial charge in [-0.05, 0) is 24.3 Å². The quantitative estimate of drug-likeness (QED) is 0.359. The second-order valence-corrected chi connectivity index (χ2v) is 9.09. The molecule has 2 aliphatic heterocycles. The van der Waals surface area contributed by atoms with Gasteiger partial charge in [-0.25, -0.2) is 4.98 Å². The van der Waals surface area contributed by atoms with E-state index >= 15 is 0 Å². The molecule has 0 radical (unpaired) electrons. The summed E-state index contributed by atoms with van der Waals surface area (Å²) in [6.07, 6.45) is 3.31. The largest absolute Gasteiger partial charge is 0.338 e. The van der Waals surface area contributed by atoms with Crippen molar-refractivity contribution in [3.63, 3.8) is 0 Å². The normalized spacial score (nSPS) is 25.9. The number of aromatic nitrogens is 4. The maximum atomic E-state index is 6.23. The smallest absolute Gasteiger partial charge is 0.235 e. The van der Waals surface area contributed by atoms with Gasteiger partial charge in [-0.2, -0.15) is 15.0 Å². The van der Waals surface area contributed by atoms with Crippen LogP contribution in [0.3, 0.4) is 0 Å². The molecule has 0 saturated carbocycles. The fraction of sp³-hybridized carbons (Fsp3) is 0.455. The Labute approximate surface area is 192 Å². The first kappa shape index (κ1) is 21.7. The van der Waals surface area contributed by atoms with E-state index in [4.69, 9.17) is 37.9 Å². The molecule has 2 fully saturated rings. The lowest BCUT2D eigenvalue weighted by Crippen LogP contribution is -2.54. The molecule has 1 aromatic carbocycles. The van der Waals surface area contributed by atoms with Gasteiger partial charge in [0.25, 0.3) is 0 Å². The van der Waals surface area contributed by atoms with Gasteiger partial charge in [-0.15, -0.1) is 0 Å². The van der Waals surface area contributed by atoms with Crippen molar-refractivity contribution in [2.45, 2.75) is 37.0 Å². The fourth-order valence-corrected chi connectivity index (χ4v) is 4.70. The van der Waals surface area contributed by atoms with Crippen molar-refractivity contribution in [2.75, 3.05) is 41.3 Å². The lowest BCUT2D eigenvalue weighted by atomic mass is 10.0. The van der Waals surface area contributed by atoms with Crippen molar-refractivity contribution in [1.29, 1.82) is 0 Å². The Kier molecular flexibility index (Phi) is 5.94. The molecule has 9 N–H and O–H groups in total. The number of benzene rings is 1. The first-order chi connectivity index (χ1) is 15.9. The zero-order valence-corrected chi connectivity index (χ0v) is 18.5. The number of fused-ring (bicyclic) bond motifs is 1. The Balaban J connectivity index is 1.53. The molecule has 0 aliphatic carbocycles. The SMILES string of the molecule is N[C@@H]1C[C@H](N)CN(c2nc(Nc3nccc4ccccc34)nc(N3C[C@H](N)C[C@H](N)C3)n2)C1. The molecule has 3 aromatic rings. The monoisotopic (exact) mass is 449 g/mol. The van der Waals surface area contributed by atoms with Gasteiger partial charge in [-0.3, -0.25) is 0 Å². The molecule has 2 aliphatic rings. The van der Waals surface area contributed by atoms with Gasteiger partial charge in [0.15, 0.2) is 0 Å². The average molecular weight is 450 g/mol. The second kappa shape index (κ2) is 9.02. The highest BCUT2D eigenvalue weighted by Gasteiger charge is 2.28. The first-order valence-corrected chi connectivity index (χ1v) is 11.3. The van der Waals surface area contributed by atoms with E-state index in [9.17, 15) is 0 Å². The number of piperidine rings is 2. The number of nitrogens with one attached hydrogen (secondary N) is 1. The third kappa shape index (κ3) is 4.81. The molecule has 11 nitrogen and oxygen atoms in total. The number of nitrogens with zero attached hydrogens (tertiary/aromatic N) is 6. The van der Waals surface area contributed by atoms with Gasteiger partial charge in [0, 0.05) is 61.9 Å². The van der Waals surface area contributed by atoms with E-state index in [1.165, 1.54) is 0 Å². The van der Waals surface area contributed by atoms with Crippen molar-refractivity contribution in [3.05, 3.63) is 36.5 Å². The molecular weight excluding hydrogens is 418 g/mol. The maximum Gasteiger partial charge on any atom is 0.235 e. The van der Waals surface area contributed by atoms with E-state index in [2.05, 4.69) is 10.3 Å². The first-order valence-electron chi connectivity index (χ1n) is 11.3. The summed E-state index contributed by atoms with van der Waals surface area (Å²) >= 11 is 0. The van der Waals surface area contributed by atoms with E-state index in [1.807, 2.05) is 40.1 Å². The highest BCUT2D eigenvalue weighted by molar-refractivity contribution is 5.92. The summed E-state index contributed by atoms with van der Waals surface area (Å²) < 4.78 is 0. The Bertz CT molecular complexity index is 1050. The second-order valence-electron chi connectivity index (χ2n) is 9.09. The summed E-state index contributed by atoms with van der Waals surface area (Å²) in [5.74, 6) is 2.14. The van der Waals surface area contributed by atoms with Crippen LogP contribution < -0.4 is 38.1 Å². The Morgan fingerprint density at radius 2 is 1.27 bits per heavy atom. The topological polar surface area (TPSA) is 174 Å². The van der Waals surface area contributed by atoms with Crippen LogP contribution in [0.5, 0.6) is 0 Å². The molecule has 5 rings (SSSR count). The van der Waals surface area contributed by atoms with Crippen LogP contribution in [0.15, 0.2) is 36.5 Å². The van der Waals surface area contributed by atoms with Crippen LogP contribution in [0, 0.1) is 0 Å². The highest BCUT2D eigenvalue weighted by Crippen LogP contribution is 2.26. The van der Waals surface area contributed by atoms with E-state index in [0.29, 0.717) is 49.8 Å². The van der Waals surface area contributed by atoms with Crippen molar-refractivity contribution in [1.82, 2.24) is 19.9 Å². The van der Waals surface area contributed by atoms with Gasteiger partial charge < -0.3 is 38.1 Å². The van der Waals surface area contributed by atoms with Crippen LogP contribution in [0.1, 0.15) is 12.8 Å². The zero-order valence-electron chi connectivity index (χ0n) is 18.5. The number of anilines is 4. The molecule has 0 unspecified atom stereocenters. The Hall–Kier alpha value is -3.12. The molecule has 0 amide bonds. The summed E-state index contributed by atoms with van der Waals surface area (Å²) in [7, 11) is 0. The van der Waals surface area contributed by atoms with Crippen molar-refractivity contribution in [3.8, 4) is 0 Å². The zero-order chi connectivity index (χ0) is 22.9. The molecule has 0 spiro atoms. The molecule has 4 atom stereocenters. The molecule has 0 bridgehead atoms. The van der Waals surface area contributed by atoms with Gasteiger partial charge in [-0.1, -0.05) is 24.3 Å². The van der Waals surface area contributed by atoms with Gasteiger partial charge in [0.2, 0.25) is 17.8 Å². The standard InChI is InChI=1S/C22H31N11/c23-14-7-15(24)10-32(9-14)21-29-20(28-19-18-4-2-1-3-13(18)5-6-27-19)30-22(31-21)33-11-16(25)8-17(26)12-33/h1-6,14-17H,7-12,23-26H2,(H,27,28,29,30,31)/t14-,15+,16-,17+. The molecule has 4 heterocycles. The summed E-state index contributed by atoms with van der Waals surface area (Å²) in [4.78, 5) is 22.8. The van der Waals surface area contributed by atoms with E-state index in [1.54, 1.807) is 6.20 Å². The lowest BCUT2D eigenvalue weighted by Gasteiger charge is -2.37. The lowest BCUT2D eigenvalue weighted by molar-refractivity contribution is 0.441. The van der Waals surface area contributed by atoms with Crippen molar-refractivity contribution >= 4 is 34.4 Å². The molecule has 33 heavy (non-hydrogen) atoms. The molecule has 11 heteroatoms. The number of hydrogen-bond donors (Lipinski definition) is 5. The summed E-state index contributed by atoms with van der Waals surface area (Å²) in [6, 6.07) is 9.84. The summed E-state index contributed by atoms with van der Waals surface area (Å²) in [5.41, 5.74) is 24.9. The van der Waals surface area contributed by atoms with Crippen LogP contribution in [0.4, 0.5) is 23.7 Å². The fourth-order valence-electron chi connectivity index (χ4n) is 4.70. The summed E-state index contributed by atoms with van der Waals surface area (Å²) in [5, 5.41) is 5.35. The van der Waals surface area contributed by atoms with Crippen LogP contribution in [0.25, 0.3) is 10.8 Å². The molecule has 2 saturated heterocycles. The van der Waals surface area contributed by atoms with Crippen LogP contribution >= 0.6 is 0 Å². The molecule has 174 valence electrons. The third-order valence-electron chi connectivity index (χ3n) is 6.11. The average Bonchev–Trinajstić information content (AvgIpc) is 2.78. The number of hydrogen-bond acceptors (Lipinski definition) is 11. The predicted molar refractivity (Wildman–Crippen MR) is 130 cm³/mol. The van der Waals surface area contributed by atoms with Crippen molar-refractivity contribution < 1.29 is 0 Å². The Morgan fingerprint density at radius 1 is 0.727 bits per heavy atom. The van der Waals surface area contributed by atoms with Gasteiger partial charge >= 0.3 is 0 Å². The number of rotatable bonds is 4. The van der Waals surface area contributed by atoms with Gasteiger partial charge in [0.05, 0.1) is 0 Å². The van der Waals surface area contributed by atoms with Crippen LogP contribution in [0.2, 0.25) is 0 Å². The van der Waals surface area contributed by atoms with Crippen molar-refractivity contribution in [2.24, 2.45) is 22.9 Å². The minimum atomic E-state index is -0.0399. The third-order valence-corrected chi connectivity index (χ3v) is 6.11. The van der Waals surface area contributed by atoms with E-state index in [-0.39, 0.29) is 24.2 Å². The van der Waals surface area contributed by atoms with E-state index in [0.717, 1.165) is 23.6 Å². The minimum Gasteiger partial charge on any atom is -0.338 e. The summed E-state index contributed by atoms with van der Waals surface area (Å²) in [6.45, 7) is 2.51. The predicted octanol–water partition coefficient (Wildman–Crippen LogP) is -0.107. The number of nitrogens with two attached hydrogens (primary N) is 4. The highest BCUT2D eigenvalue weighted by atomic mass is 15.4. The number of pyridine rings is 1. The van der Waals surface area contributed by atoms with Gasteiger partial charge in [0.1, 0.15) is 5.82 Å².